The number of carbonyl (C=O) groups is 1. The molecule has 0 spiro atoms. The van der Waals surface area contributed by atoms with Crippen LogP contribution in [0.15, 0.2) is 24.3 Å². The van der Waals surface area contributed by atoms with Crippen LogP contribution in [0, 0.1) is 0 Å². The number of benzene rings is 1. The minimum Gasteiger partial charge on any atom is -0.481 e. The van der Waals surface area contributed by atoms with Gasteiger partial charge in [-0.25, -0.2) is 0 Å². The van der Waals surface area contributed by atoms with Gasteiger partial charge in [0, 0.05) is 6.54 Å². The average molecular weight is 291 g/mol. The van der Waals surface area contributed by atoms with Gasteiger partial charge in [-0.15, -0.1) is 0 Å². The molecule has 1 unspecified atom stereocenters. The van der Waals surface area contributed by atoms with E-state index >= 15 is 0 Å². The standard InChI is InChI=1S/C18H29NO2/c1-3-4-5-6-7-8-13-19-14-16-9-11-17(12-10-16)15(2)18(20)21/h9-12,15,19H,3-8,13-14H2,1-2H3,(H,20,21). The van der Waals surface area contributed by atoms with Crippen molar-refractivity contribution in [3.05, 3.63) is 35.4 Å². The van der Waals surface area contributed by atoms with Gasteiger partial charge in [0.05, 0.1) is 5.92 Å². The number of nitrogens with one attached hydrogen (secondary N) is 1. The fraction of sp³-hybridized carbons (Fsp3) is 0.611. The zero-order valence-corrected chi connectivity index (χ0v) is 13.4. The summed E-state index contributed by atoms with van der Waals surface area (Å²) in [7, 11) is 0. The van der Waals surface area contributed by atoms with Crippen LogP contribution >= 0.6 is 0 Å². The number of hydrogen-bond donors (Lipinski definition) is 2. The van der Waals surface area contributed by atoms with Gasteiger partial charge in [-0.2, -0.15) is 0 Å². The van der Waals surface area contributed by atoms with Crippen molar-refractivity contribution in [2.45, 2.75) is 64.8 Å². The summed E-state index contributed by atoms with van der Waals surface area (Å²) in [5, 5.41) is 12.4. The van der Waals surface area contributed by atoms with Crippen molar-refractivity contribution in [1.82, 2.24) is 5.32 Å². The van der Waals surface area contributed by atoms with E-state index in [4.69, 9.17) is 5.11 Å². The van der Waals surface area contributed by atoms with E-state index < -0.39 is 11.9 Å². The van der Waals surface area contributed by atoms with E-state index in [2.05, 4.69) is 12.2 Å². The van der Waals surface area contributed by atoms with Gasteiger partial charge >= 0.3 is 5.97 Å². The molecular weight excluding hydrogens is 262 g/mol. The number of hydrogen-bond acceptors (Lipinski definition) is 2. The Morgan fingerprint density at radius 2 is 1.71 bits per heavy atom. The molecule has 1 aromatic carbocycles. The summed E-state index contributed by atoms with van der Waals surface area (Å²) in [5.74, 6) is -1.21. The molecule has 0 radical (unpaired) electrons. The number of carboxylic acid groups (broad SMARTS) is 1. The molecule has 0 fully saturated rings. The maximum Gasteiger partial charge on any atom is 0.310 e. The molecule has 0 aliphatic heterocycles. The minimum atomic E-state index is -0.774. The van der Waals surface area contributed by atoms with Crippen molar-refractivity contribution in [3.63, 3.8) is 0 Å². The third-order valence-electron chi connectivity index (χ3n) is 3.89. The summed E-state index contributed by atoms with van der Waals surface area (Å²) < 4.78 is 0. The van der Waals surface area contributed by atoms with E-state index in [1.165, 1.54) is 44.1 Å². The molecule has 0 bridgehead atoms. The second kappa shape index (κ2) is 10.4. The first-order valence-corrected chi connectivity index (χ1v) is 8.17. The Morgan fingerprint density at radius 1 is 1.10 bits per heavy atom. The maximum atomic E-state index is 10.9. The molecule has 3 nitrogen and oxygen atoms in total. The number of carboxylic acids is 1. The molecule has 3 heteroatoms. The Bertz CT molecular complexity index is 400. The molecule has 1 atom stereocenters. The normalized spacial score (nSPS) is 12.3. The highest BCUT2D eigenvalue weighted by atomic mass is 16.4. The summed E-state index contributed by atoms with van der Waals surface area (Å²) in [6.07, 6.45) is 7.90. The molecule has 1 rings (SSSR count). The molecule has 2 N–H and O–H groups in total. The summed E-state index contributed by atoms with van der Waals surface area (Å²) in [4.78, 5) is 10.9. The van der Waals surface area contributed by atoms with Crippen LogP contribution in [-0.2, 0) is 11.3 Å². The second-order valence-electron chi connectivity index (χ2n) is 5.75. The lowest BCUT2D eigenvalue weighted by Crippen LogP contribution is -2.14. The van der Waals surface area contributed by atoms with E-state index in [9.17, 15) is 4.79 Å². The van der Waals surface area contributed by atoms with Crippen LogP contribution in [0.5, 0.6) is 0 Å². The Morgan fingerprint density at radius 3 is 2.33 bits per heavy atom. The smallest absolute Gasteiger partial charge is 0.310 e. The summed E-state index contributed by atoms with van der Waals surface area (Å²) >= 11 is 0. The third-order valence-corrected chi connectivity index (χ3v) is 3.89. The van der Waals surface area contributed by atoms with E-state index in [0.717, 1.165) is 18.7 Å². The highest BCUT2D eigenvalue weighted by molar-refractivity contribution is 5.75. The zero-order chi connectivity index (χ0) is 15.5. The first kappa shape index (κ1) is 17.7. The van der Waals surface area contributed by atoms with E-state index in [1.54, 1.807) is 6.92 Å². The molecule has 118 valence electrons. The lowest BCUT2D eigenvalue weighted by Gasteiger charge is -2.09. The minimum absolute atomic E-state index is 0.435. The molecular formula is C18H29NO2. The molecule has 0 saturated carbocycles. The lowest BCUT2D eigenvalue weighted by molar-refractivity contribution is -0.138. The first-order chi connectivity index (χ1) is 10.1. The average Bonchev–Trinajstić information content (AvgIpc) is 2.49. The Labute approximate surface area is 128 Å². The monoisotopic (exact) mass is 291 g/mol. The SMILES string of the molecule is CCCCCCCCNCc1ccc(C(C)C(=O)O)cc1. The molecule has 0 heterocycles. The molecule has 0 saturated heterocycles. The van der Waals surface area contributed by atoms with Crippen molar-refractivity contribution >= 4 is 5.97 Å². The Kier molecular flexibility index (Phi) is 8.76. The molecule has 1 aromatic rings. The van der Waals surface area contributed by atoms with Crippen molar-refractivity contribution < 1.29 is 9.90 Å². The maximum absolute atomic E-state index is 10.9. The van der Waals surface area contributed by atoms with Gasteiger partial charge in [0.25, 0.3) is 0 Å². The first-order valence-electron chi connectivity index (χ1n) is 8.17. The van der Waals surface area contributed by atoms with Crippen LogP contribution < -0.4 is 5.32 Å². The van der Waals surface area contributed by atoms with E-state index in [-0.39, 0.29) is 0 Å². The number of aliphatic carboxylic acids is 1. The van der Waals surface area contributed by atoms with Gasteiger partial charge in [-0.3, -0.25) is 4.79 Å². The fourth-order valence-corrected chi connectivity index (χ4v) is 2.33. The predicted octanol–water partition coefficient (Wildman–Crippen LogP) is 4.32. The largest absolute Gasteiger partial charge is 0.481 e. The predicted molar refractivity (Wildman–Crippen MR) is 87.6 cm³/mol. The topological polar surface area (TPSA) is 49.3 Å². The van der Waals surface area contributed by atoms with Crippen molar-refractivity contribution in [3.8, 4) is 0 Å². The Balaban J connectivity index is 2.17. The Hall–Kier alpha value is -1.35. The van der Waals surface area contributed by atoms with E-state index in [0.29, 0.717) is 0 Å². The second-order valence-corrected chi connectivity index (χ2v) is 5.75. The van der Waals surface area contributed by atoms with Gasteiger partial charge in [-0.05, 0) is 31.0 Å². The highest BCUT2D eigenvalue weighted by Gasteiger charge is 2.12. The van der Waals surface area contributed by atoms with E-state index in [1.807, 2.05) is 24.3 Å². The lowest BCUT2D eigenvalue weighted by atomic mass is 10.00. The molecule has 0 amide bonds. The quantitative estimate of drug-likeness (QED) is 0.597. The van der Waals surface area contributed by atoms with Gasteiger partial charge in [0.2, 0.25) is 0 Å². The summed E-state index contributed by atoms with van der Waals surface area (Å²) in [6.45, 7) is 5.87. The van der Waals surface area contributed by atoms with Crippen LogP contribution in [-0.4, -0.2) is 17.6 Å². The van der Waals surface area contributed by atoms with Crippen molar-refractivity contribution in [2.24, 2.45) is 0 Å². The van der Waals surface area contributed by atoms with Crippen LogP contribution in [0.2, 0.25) is 0 Å². The molecule has 0 aliphatic rings. The molecule has 21 heavy (non-hydrogen) atoms. The third kappa shape index (κ3) is 7.28. The zero-order valence-electron chi connectivity index (χ0n) is 13.4. The molecule has 0 aromatic heterocycles. The van der Waals surface area contributed by atoms with Crippen LogP contribution in [0.4, 0.5) is 0 Å². The number of rotatable bonds is 11. The summed E-state index contributed by atoms with van der Waals surface area (Å²) in [6, 6.07) is 7.87. The van der Waals surface area contributed by atoms with Gasteiger partial charge < -0.3 is 10.4 Å². The van der Waals surface area contributed by atoms with Gasteiger partial charge in [-0.1, -0.05) is 63.3 Å². The van der Waals surface area contributed by atoms with Crippen LogP contribution in [0.25, 0.3) is 0 Å². The van der Waals surface area contributed by atoms with Gasteiger partial charge in [0.1, 0.15) is 0 Å². The summed E-state index contributed by atoms with van der Waals surface area (Å²) in [5.41, 5.74) is 2.07. The van der Waals surface area contributed by atoms with Crippen molar-refractivity contribution in [2.75, 3.05) is 6.54 Å². The van der Waals surface area contributed by atoms with Gasteiger partial charge in [0.15, 0.2) is 0 Å². The highest BCUT2D eigenvalue weighted by Crippen LogP contribution is 2.16. The van der Waals surface area contributed by atoms with Crippen LogP contribution in [0.1, 0.15) is 69.4 Å². The van der Waals surface area contributed by atoms with Crippen molar-refractivity contribution in [1.29, 1.82) is 0 Å². The molecule has 0 aliphatic carbocycles. The van der Waals surface area contributed by atoms with Crippen LogP contribution in [0.3, 0.4) is 0 Å². The fourth-order valence-electron chi connectivity index (χ4n) is 2.33. The number of unbranched alkanes of at least 4 members (excludes halogenated alkanes) is 5.